The molecule has 0 aliphatic heterocycles. The fourth-order valence-electron chi connectivity index (χ4n) is 3.49. The molecule has 3 aromatic carbocycles. The smallest absolute Gasteiger partial charge is 0.434 e. The first-order valence-corrected chi connectivity index (χ1v) is 10.8. The molecule has 0 radical (unpaired) electrons. The van der Waals surface area contributed by atoms with E-state index in [1.807, 2.05) is 77.9 Å². The van der Waals surface area contributed by atoms with Crippen LogP contribution in [0.1, 0.15) is 38.8 Å². The molecular weight excluding hydrogens is 408 g/mol. The van der Waals surface area contributed by atoms with Crippen molar-refractivity contribution in [2.45, 2.75) is 41.5 Å². The van der Waals surface area contributed by atoms with E-state index < -0.39 is 12.3 Å². The van der Waals surface area contributed by atoms with Gasteiger partial charge in [-0.3, -0.25) is 0 Å². The molecule has 0 heterocycles. The summed E-state index contributed by atoms with van der Waals surface area (Å²) < 4.78 is 22.0. The molecule has 0 saturated carbocycles. The van der Waals surface area contributed by atoms with Crippen molar-refractivity contribution in [2.24, 2.45) is 11.8 Å². The Morgan fingerprint density at radius 2 is 1.06 bits per heavy atom. The quantitative estimate of drug-likeness (QED) is 0.235. The van der Waals surface area contributed by atoms with Crippen LogP contribution in [0.15, 0.2) is 36.4 Å². The summed E-state index contributed by atoms with van der Waals surface area (Å²) in [6, 6.07) is 11.2. The van der Waals surface area contributed by atoms with E-state index in [-0.39, 0.29) is 25.0 Å². The van der Waals surface area contributed by atoms with E-state index in [2.05, 4.69) is 0 Å². The Morgan fingerprint density at radius 1 is 0.688 bits per heavy atom. The second-order valence-electron chi connectivity index (χ2n) is 8.77. The maximum Gasteiger partial charge on any atom is 0.513 e. The third-order valence-electron chi connectivity index (χ3n) is 4.93. The van der Waals surface area contributed by atoms with E-state index >= 15 is 0 Å². The number of fused-ring (bicyclic) bond motifs is 2. The van der Waals surface area contributed by atoms with E-state index in [0.29, 0.717) is 33.0 Å². The predicted octanol–water partition coefficient (Wildman–Crippen LogP) is 6.95. The van der Waals surface area contributed by atoms with Crippen molar-refractivity contribution in [3.05, 3.63) is 47.5 Å². The average Bonchev–Trinajstić information content (AvgIpc) is 2.73. The van der Waals surface area contributed by atoms with Gasteiger partial charge in [0.15, 0.2) is 11.5 Å². The van der Waals surface area contributed by atoms with E-state index in [1.165, 1.54) is 0 Å². The highest BCUT2D eigenvalue weighted by Crippen LogP contribution is 2.45. The minimum Gasteiger partial charge on any atom is -0.434 e. The third-order valence-corrected chi connectivity index (χ3v) is 4.93. The number of carbonyl (C=O) groups is 2. The minimum absolute atomic E-state index is 0.188. The SMILES string of the molecule is Cc1cccc2c(OC(=O)OCC(C)C)c3c(C)cccc3c(OC(=O)OCC(C)C)c12. The molecule has 3 rings (SSSR count). The van der Waals surface area contributed by atoms with E-state index in [0.717, 1.165) is 11.1 Å². The molecule has 0 amide bonds. The number of hydrogen-bond donors (Lipinski definition) is 0. The lowest BCUT2D eigenvalue weighted by Gasteiger charge is -2.19. The third kappa shape index (κ3) is 5.13. The van der Waals surface area contributed by atoms with Gasteiger partial charge in [0.05, 0.1) is 13.2 Å². The topological polar surface area (TPSA) is 71.1 Å². The van der Waals surface area contributed by atoms with Gasteiger partial charge >= 0.3 is 12.3 Å². The number of ether oxygens (including phenoxy) is 4. The molecule has 3 aromatic rings. The number of carbonyl (C=O) groups excluding carboxylic acids is 2. The molecule has 0 atom stereocenters. The highest BCUT2D eigenvalue weighted by Gasteiger charge is 2.23. The molecule has 0 fully saturated rings. The molecule has 0 aliphatic carbocycles. The summed E-state index contributed by atoms with van der Waals surface area (Å²) >= 11 is 0. The maximum absolute atomic E-state index is 12.5. The van der Waals surface area contributed by atoms with Crippen LogP contribution in [-0.4, -0.2) is 25.5 Å². The van der Waals surface area contributed by atoms with Crippen LogP contribution in [0.25, 0.3) is 21.5 Å². The van der Waals surface area contributed by atoms with Gasteiger partial charge in [0.25, 0.3) is 0 Å². The highest BCUT2D eigenvalue weighted by molar-refractivity contribution is 6.14. The molecule has 170 valence electrons. The van der Waals surface area contributed by atoms with Crippen molar-refractivity contribution < 1.29 is 28.5 Å². The molecule has 0 spiro atoms. The predicted molar refractivity (Wildman–Crippen MR) is 125 cm³/mol. The first-order chi connectivity index (χ1) is 15.2. The zero-order valence-corrected chi connectivity index (χ0v) is 19.5. The molecule has 6 heteroatoms. The van der Waals surface area contributed by atoms with E-state index in [1.54, 1.807) is 0 Å². The van der Waals surface area contributed by atoms with Crippen LogP contribution in [0.4, 0.5) is 9.59 Å². The van der Waals surface area contributed by atoms with Crippen LogP contribution in [0, 0.1) is 25.7 Å². The number of hydrogen-bond acceptors (Lipinski definition) is 6. The summed E-state index contributed by atoms with van der Waals surface area (Å²) in [6.45, 7) is 12.2. The Morgan fingerprint density at radius 3 is 1.41 bits per heavy atom. The van der Waals surface area contributed by atoms with Crippen LogP contribution in [0.2, 0.25) is 0 Å². The van der Waals surface area contributed by atoms with Gasteiger partial charge in [0.2, 0.25) is 0 Å². The average molecular weight is 439 g/mol. The monoisotopic (exact) mass is 438 g/mol. The Balaban J connectivity index is 2.19. The Kier molecular flexibility index (Phi) is 7.23. The standard InChI is InChI=1S/C26H30O6/c1-15(2)13-29-25(27)31-23-19-11-7-10-18(6)22(19)24(32-26(28)30-14-16(3)4)20-12-8-9-17(5)21(20)23/h7-12,15-16H,13-14H2,1-6H3. The zero-order chi connectivity index (χ0) is 23.4. The fourth-order valence-corrected chi connectivity index (χ4v) is 3.49. The molecule has 6 nitrogen and oxygen atoms in total. The van der Waals surface area contributed by atoms with Crippen LogP contribution >= 0.6 is 0 Å². The lowest BCUT2D eigenvalue weighted by molar-refractivity contribution is 0.0879. The first-order valence-electron chi connectivity index (χ1n) is 10.8. The molecule has 0 saturated heterocycles. The molecular formula is C26H30O6. The van der Waals surface area contributed by atoms with Gasteiger partial charge in [-0.2, -0.15) is 0 Å². The largest absolute Gasteiger partial charge is 0.513 e. The number of rotatable bonds is 6. The molecule has 32 heavy (non-hydrogen) atoms. The summed E-state index contributed by atoms with van der Waals surface area (Å²) in [5, 5.41) is 2.66. The Labute approximate surface area is 188 Å². The van der Waals surface area contributed by atoms with Crippen molar-refractivity contribution in [2.75, 3.05) is 13.2 Å². The minimum atomic E-state index is -0.768. The maximum atomic E-state index is 12.5. The summed E-state index contributed by atoms with van der Waals surface area (Å²) in [7, 11) is 0. The Bertz CT molecular complexity index is 1050. The van der Waals surface area contributed by atoms with Crippen LogP contribution in [0.5, 0.6) is 11.5 Å². The molecule has 0 N–H and O–H groups in total. The van der Waals surface area contributed by atoms with Crippen molar-refractivity contribution >= 4 is 33.9 Å². The fraction of sp³-hybridized carbons (Fsp3) is 0.385. The van der Waals surface area contributed by atoms with Crippen LogP contribution in [-0.2, 0) is 9.47 Å². The van der Waals surface area contributed by atoms with Gasteiger partial charge < -0.3 is 18.9 Å². The second-order valence-corrected chi connectivity index (χ2v) is 8.77. The van der Waals surface area contributed by atoms with Crippen molar-refractivity contribution in [1.82, 2.24) is 0 Å². The van der Waals surface area contributed by atoms with E-state index in [9.17, 15) is 9.59 Å². The lowest BCUT2D eigenvalue weighted by atomic mass is 9.95. The van der Waals surface area contributed by atoms with Crippen molar-refractivity contribution in [1.29, 1.82) is 0 Å². The lowest BCUT2D eigenvalue weighted by Crippen LogP contribution is -2.16. The summed E-state index contributed by atoms with van der Waals surface area (Å²) in [5.41, 5.74) is 1.75. The number of benzene rings is 3. The van der Waals surface area contributed by atoms with Gasteiger partial charge in [0.1, 0.15) is 0 Å². The van der Waals surface area contributed by atoms with Gasteiger partial charge in [0, 0.05) is 21.5 Å². The molecule has 0 unspecified atom stereocenters. The van der Waals surface area contributed by atoms with Gasteiger partial charge in [-0.05, 0) is 36.8 Å². The Hall–Kier alpha value is -3.28. The highest BCUT2D eigenvalue weighted by atomic mass is 16.7. The first kappa shape index (κ1) is 23.4. The normalized spacial score (nSPS) is 11.2. The summed E-state index contributed by atoms with van der Waals surface area (Å²) in [5.74, 6) is 1.14. The summed E-state index contributed by atoms with van der Waals surface area (Å²) in [4.78, 5) is 24.9. The van der Waals surface area contributed by atoms with Crippen molar-refractivity contribution in [3.8, 4) is 11.5 Å². The van der Waals surface area contributed by atoms with E-state index in [4.69, 9.17) is 18.9 Å². The molecule has 0 bridgehead atoms. The summed E-state index contributed by atoms with van der Waals surface area (Å²) in [6.07, 6.45) is -1.54. The zero-order valence-electron chi connectivity index (χ0n) is 19.5. The van der Waals surface area contributed by atoms with Gasteiger partial charge in [-0.25, -0.2) is 9.59 Å². The van der Waals surface area contributed by atoms with Gasteiger partial charge in [-0.1, -0.05) is 64.1 Å². The number of aryl methyl sites for hydroxylation is 2. The van der Waals surface area contributed by atoms with Crippen molar-refractivity contribution in [3.63, 3.8) is 0 Å². The van der Waals surface area contributed by atoms with Crippen LogP contribution < -0.4 is 9.47 Å². The van der Waals surface area contributed by atoms with Crippen LogP contribution in [0.3, 0.4) is 0 Å². The molecule has 0 aliphatic rings. The second kappa shape index (κ2) is 9.90. The van der Waals surface area contributed by atoms with Gasteiger partial charge in [-0.15, -0.1) is 0 Å². The molecule has 0 aromatic heterocycles.